The maximum atomic E-state index is 11.7. The standard InChI is InChI=1S/C12H19N5O3.ClH/c1-6(2)4-9(13)11(19)17-14-5-8-7(3)15-12(20)16-10(8)18;/h5-6,9H,4,13H2,1-3H3,(H,17,19)(H2,15,16,18,20);1H/t9-;/m0./s1. The number of rotatable bonds is 5. The lowest BCUT2D eigenvalue weighted by atomic mass is 10.0. The smallest absolute Gasteiger partial charge is 0.325 e. The van der Waals surface area contributed by atoms with Crippen molar-refractivity contribution in [1.82, 2.24) is 15.4 Å². The van der Waals surface area contributed by atoms with Crippen molar-refractivity contribution in [2.45, 2.75) is 33.2 Å². The SMILES string of the molecule is Cc1[nH]c(=O)[nH]c(=O)c1C=NNC(=O)[C@@H]([NH3+])CC(C)C.[Cl-]. The Bertz CT molecular complexity index is 620. The second-order valence-corrected chi connectivity index (χ2v) is 5.01. The lowest BCUT2D eigenvalue weighted by Gasteiger charge is -2.08. The van der Waals surface area contributed by atoms with Gasteiger partial charge in [-0.1, -0.05) is 13.8 Å². The van der Waals surface area contributed by atoms with Crippen molar-refractivity contribution >= 4 is 12.1 Å². The molecule has 0 aromatic carbocycles. The van der Waals surface area contributed by atoms with Crippen LogP contribution in [-0.2, 0) is 4.79 Å². The maximum absolute atomic E-state index is 11.7. The van der Waals surface area contributed by atoms with E-state index in [1.165, 1.54) is 6.21 Å². The summed E-state index contributed by atoms with van der Waals surface area (Å²) < 4.78 is 0. The van der Waals surface area contributed by atoms with Crippen molar-refractivity contribution < 1.29 is 22.9 Å². The lowest BCUT2D eigenvalue weighted by molar-refractivity contribution is -0.406. The summed E-state index contributed by atoms with van der Waals surface area (Å²) >= 11 is 0. The van der Waals surface area contributed by atoms with Crippen LogP contribution in [0.5, 0.6) is 0 Å². The highest BCUT2D eigenvalue weighted by atomic mass is 35.5. The Balaban J connectivity index is 0.00000400. The monoisotopic (exact) mass is 317 g/mol. The van der Waals surface area contributed by atoms with E-state index < -0.39 is 17.3 Å². The first-order valence-corrected chi connectivity index (χ1v) is 6.30. The number of hydrogen-bond donors (Lipinski definition) is 4. The van der Waals surface area contributed by atoms with Crippen LogP contribution in [0.3, 0.4) is 0 Å². The molecule has 0 aliphatic rings. The number of carbonyl (C=O) groups is 1. The van der Waals surface area contributed by atoms with Gasteiger partial charge < -0.3 is 23.1 Å². The minimum Gasteiger partial charge on any atom is -1.00 e. The molecule has 0 radical (unpaired) electrons. The molecule has 1 atom stereocenters. The fraction of sp³-hybridized carbons (Fsp3) is 0.500. The van der Waals surface area contributed by atoms with Crippen molar-refractivity contribution in [3.63, 3.8) is 0 Å². The van der Waals surface area contributed by atoms with E-state index >= 15 is 0 Å². The van der Waals surface area contributed by atoms with E-state index in [-0.39, 0.29) is 23.9 Å². The number of aromatic amines is 2. The number of aromatic nitrogens is 2. The average molecular weight is 318 g/mol. The molecule has 8 nitrogen and oxygen atoms in total. The average Bonchev–Trinajstić information content (AvgIpc) is 2.31. The van der Waals surface area contributed by atoms with Crippen molar-refractivity contribution in [3.05, 3.63) is 32.1 Å². The first-order chi connectivity index (χ1) is 9.31. The Labute approximate surface area is 127 Å². The number of nitrogens with one attached hydrogen (secondary N) is 3. The molecule has 0 saturated heterocycles. The summed E-state index contributed by atoms with van der Waals surface area (Å²) in [6.07, 6.45) is 1.85. The van der Waals surface area contributed by atoms with E-state index in [1.54, 1.807) is 6.92 Å². The van der Waals surface area contributed by atoms with E-state index in [1.807, 2.05) is 13.8 Å². The summed E-state index contributed by atoms with van der Waals surface area (Å²) in [5, 5.41) is 3.71. The van der Waals surface area contributed by atoms with Crippen LogP contribution in [0.25, 0.3) is 0 Å². The van der Waals surface area contributed by atoms with E-state index in [0.29, 0.717) is 18.0 Å². The van der Waals surface area contributed by atoms with Crippen LogP contribution in [0.4, 0.5) is 0 Å². The molecule has 0 aliphatic carbocycles. The van der Waals surface area contributed by atoms with E-state index in [0.717, 1.165) is 0 Å². The fourth-order valence-corrected chi connectivity index (χ4v) is 1.69. The van der Waals surface area contributed by atoms with Crippen LogP contribution >= 0.6 is 0 Å². The predicted molar refractivity (Wildman–Crippen MR) is 74.3 cm³/mol. The van der Waals surface area contributed by atoms with Gasteiger partial charge in [0.25, 0.3) is 11.5 Å². The zero-order chi connectivity index (χ0) is 15.3. The number of hydrogen-bond acceptors (Lipinski definition) is 4. The van der Waals surface area contributed by atoms with Gasteiger partial charge in [-0.2, -0.15) is 5.10 Å². The highest BCUT2D eigenvalue weighted by Gasteiger charge is 2.17. The van der Waals surface area contributed by atoms with Gasteiger partial charge in [-0.25, -0.2) is 10.2 Å². The molecule has 118 valence electrons. The van der Waals surface area contributed by atoms with Gasteiger partial charge >= 0.3 is 5.69 Å². The minimum absolute atomic E-state index is 0. The molecule has 1 aromatic heterocycles. The van der Waals surface area contributed by atoms with Gasteiger partial charge in [0.2, 0.25) is 0 Å². The van der Waals surface area contributed by atoms with Gasteiger partial charge in [-0.3, -0.25) is 14.6 Å². The molecule has 0 bridgehead atoms. The molecule has 1 rings (SSSR count). The van der Waals surface area contributed by atoms with Crippen molar-refractivity contribution in [2.75, 3.05) is 0 Å². The van der Waals surface area contributed by atoms with Crippen molar-refractivity contribution in [2.24, 2.45) is 11.0 Å². The van der Waals surface area contributed by atoms with Crippen LogP contribution in [0.2, 0.25) is 0 Å². The molecule has 9 heteroatoms. The molecule has 0 fully saturated rings. The quantitative estimate of drug-likeness (QED) is 0.322. The third-order valence-electron chi connectivity index (χ3n) is 2.67. The molecule has 6 N–H and O–H groups in total. The third kappa shape index (κ3) is 5.92. The number of quaternary nitrogens is 1. The van der Waals surface area contributed by atoms with E-state index in [9.17, 15) is 14.4 Å². The van der Waals surface area contributed by atoms with Crippen LogP contribution < -0.4 is 34.8 Å². The van der Waals surface area contributed by atoms with Gasteiger partial charge in [0.1, 0.15) is 0 Å². The zero-order valence-corrected chi connectivity index (χ0v) is 13.0. The summed E-state index contributed by atoms with van der Waals surface area (Å²) in [6.45, 7) is 5.57. The number of carbonyl (C=O) groups excluding carboxylic acids is 1. The minimum atomic E-state index is -0.580. The van der Waals surface area contributed by atoms with E-state index in [2.05, 4.69) is 26.2 Å². The third-order valence-corrected chi connectivity index (χ3v) is 2.67. The molecule has 1 aromatic rings. The number of H-pyrrole nitrogens is 2. The normalized spacial score (nSPS) is 12.2. The fourth-order valence-electron chi connectivity index (χ4n) is 1.69. The number of halogens is 1. The molecule has 0 spiro atoms. The molecule has 0 aliphatic heterocycles. The Hall–Kier alpha value is -1.93. The maximum Gasteiger partial charge on any atom is 0.325 e. The number of hydrazone groups is 1. The topological polar surface area (TPSA) is 135 Å². The second-order valence-electron chi connectivity index (χ2n) is 5.01. The summed E-state index contributed by atoms with van der Waals surface area (Å²) in [7, 11) is 0. The highest BCUT2D eigenvalue weighted by Crippen LogP contribution is 2.01. The first-order valence-electron chi connectivity index (χ1n) is 6.30. The molecule has 1 heterocycles. The largest absolute Gasteiger partial charge is 1.00 e. The molecule has 21 heavy (non-hydrogen) atoms. The van der Waals surface area contributed by atoms with Crippen molar-refractivity contribution in [1.29, 1.82) is 0 Å². The summed E-state index contributed by atoms with van der Waals surface area (Å²) in [5.74, 6) is 0.0463. The number of nitrogens with zero attached hydrogens (tertiary/aromatic N) is 1. The predicted octanol–water partition coefficient (Wildman–Crippen LogP) is -4.52. The summed E-state index contributed by atoms with van der Waals surface area (Å²) in [6, 6.07) is -0.401. The van der Waals surface area contributed by atoms with Crippen LogP contribution in [-0.4, -0.2) is 28.1 Å². The summed E-state index contributed by atoms with van der Waals surface area (Å²) in [5.41, 5.74) is 5.51. The highest BCUT2D eigenvalue weighted by molar-refractivity contribution is 5.84. The van der Waals surface area contributed by atoms with Gasteiger partial charge in [-0.15, -0.1) is 0 Å². The molecular weight excluding hydrogens is 298 g/mol. The number of amides is 1. The van der Waals surface area contributed by atoms with E-state index in [4.69, 9.17) is 0 Å². The number of aryl methyl sites for hydroxylation is 1. The van der Waals surface area contributed by atoms with Gasteiger partial charge in [0.05, 0.1) is 11.8 Å². The Morgan fingerprint density at radius 3 is 2.52 bits per heavy atom. The summed E-state index contributed by atoms with van der Waals surface area (Å²) in [4.78, 5) is 38.7. The molecular formula is C12H20ClN5O3. The van der Waals surface area contributed by atoms with Gasteiger partial charge in [0, 0.05) is 12.1 Å². The van der Waals surface area contributed by atoms with Crippen LogP contribution in [0, 0.1) is 12.8 Å². The molecule has 0 saturated carbocycles. The van der Waals surface area contributed by atoms with Gasteiger partial charge in [0.15, 0.2) is 6.04 Å². The molecule has 0 unspecified atom stereocenters. The van der Waals surface area contributed by atoms with Gasteiger partial charge in [-0.05, 0) is 12.8 Å². The Morgan fingerprint density at radius 1 is 1.38 bits per heavy atom. The zero-order valence-electron chi connectivity index (χ0n) is 12.2. The van der Waals surface area contributed by atoms with Crippen LogP contribution in [0.15, 0.2) is 14.7 Å². The second kappa shape index (κ2) is 8.38. The Kier molecular flexibility index (Phi) is 7.61. The van der Waals surface area contributed by atoms with Crippen LogP contribution in [0.1, 0.15) is 31.5 Å². The first kappa shape index (κ1) is 19.1. The Morgan fingerprint density at radius 2 is 2.00 bits per heavy atom. The lowest BCUT2D eigenvalue weighted by Crippen LogP contribution is -3.00. The van der Waals surface area contributed by atoms with Crippen molar-refractivity contribution in [3.8, 4) is 0 Å². The molecule has 1 amide bonds.